The van der Waals surface area contributed by atoms with Crippen molar-refractivity contribution in [2.24, 2.45) is 11.7 Å². The van der Waals surface area contributed by atoms with Crippen LogP contribution in [-0.2, 0) is 9.59 Å². The van der Waals surface area contributed by atoms with Crippen molar-refractivity contribution < 1.29 is 14.7 Å². The first kappa shape index (κ1) is 13.3. The lowest BCUT2D eigenvalue weighted by Gasteiger charge is -2.17. The Morgan fingerprint density at radius 2 is 2.19 bits per heavy atom. The van der Waals surface area contributed by atoms with Gasteiger partial charge in [0.2, 0.25) is 5.91 Å². The van der Waals surface area contributed by atoms with Crippen LogP contribution in [0.1, 0.15) is 19.3 Å². The largest absolute Gasteiger partial charge is 0.480 e. The molecule has 0 saturated heterocycles. The smallest absolute Gasteiger partial charge is 0.326 e. The molecule has 1 amide bonds. The van der Waals surface area contributed by atoms with Crippen LogP contribution in [0.15, 0.2) is 0 Å². The van der Waals surface area contributed by atoms with Crippen LogP contribution in [0.3, 0.4) is 0 Å². The Morgan fingerprint density at radius 1 is 1.56 bits per heavy atom. The van der Waals surface area contributed by atoms with Gasteiger partial charge in [0.1, 0.15) is 6.04 Å². The average molecular weight is 246 g/mol. The lowest BCUT2D eigenvalue weighted by atomic mass is 10.1. The van der Waals surface area contributed by atoms with Crippen molar-refractivity contribution in [1.29, 1.82) is 0 Å². The third-order valence-electron chi connectivity index (χ3n) is 2.63. The number of carbonyl (C=O) groups is 2. The van der Waals surface area contributed by atoms with Gasteiger partial charge in [0.05, 0.1) is 6.04 Å². The first-order chi connectivity index (χ1) is 7.56. The van der Waals surface area contributed by atoms with Gasteiger partial charge in [-0.05, 0) is 37.2 Å². The third-order valence-corrected chi connectivity index (χ3v) is 3.27. The van der Waals surface area contributed by atoms with Gasteiger partial charge in [-0.1, -0.05) is 0 Å². The van der Waals surface area contributed by atoms with E-state index in [1.807, 2.05) is 6.26 Å². The first-order valence-corrected chi connectivity index (χ1v) is 6.73. The molecule has 5 nitrogen and oxygen atoms in total. The Bertz CT molecular complexity index is 269. The number of rotatable bonds is 7. The number of hydrogen-bond donors (Lipinski definition) is 3. The molecular formula is C10H18N2O3S. The normalized spacial score (nSPS) is 18.9. The monoisotopic (exact) mass is 246 g/mol. The predicted octanol–water partition coefficient (Wildman–Crippen LogP) is 0.0462. The van der Waals surface area contributed by atoms with Crippen molar-refractivity contribution in [1.82, 2.24) is 5.32 Å². The van der Waals surface area contributed by atoms with Gasteiger partial charge in [-0.15, -0.1) is 0 Å². The molecule has 0 radical (unpaired) electrons. The second-order valence-corrected chi connectivity index (χ2v) is 5.04. The molecule has 1 rings (SSSR count). The molecule has 0 aromatic carbocycles. The average Bonchev–Trinajstić information content (AvgIpc) is 3.05. The van der Waals surface area contributed by atoms with E-state index in [9.17, 15) is 9.59 Å². The molecule has 0 spiro atoms. The Balaban J connectivity index is 2.38. The molecule has 0 bridgehead atoms. The van der Waals surface area contributed by atoms with Gasteiger partial charge in [0, 0.05) is 0 Å². The minimum Gasteiger partial charge on any atom is -0.480 e. The van der Waals surface area contributed by atoms with E-state index in [1.54, 1.807) is 11.8 Å². The molecule has 1 saturated carbocycles. The lowest BCUT2D eigenvalue weighted by molar-refractivity contribution is -0.142. The molecule has 1 unspecified atom stereocenters. The maximum Gasteiger partial charge on any atom is 0.326 e. The van der Waals surface area contributed by atoms with E-state index in [4.69, 9.17) is 10.8 Å². The van der Waals surface area contributed by atoms with Crippen LogP contribution in [0.5, 0.6) is 0 Å². The van der Waals surface area contributed by atoms with Gasteiger partial charge in [-0.2, -0.15) is 11.8 Å². The fraction of sp³-hybridized carbons (Fsp3) is 0.800. The summed E-state index contributed by atoms with van der Waals surface area (Å²) in [5.74, 6) is -0.425. The molecule has 1 fully saturated rings. The van der Waals surface area contributed by atoms with Gasteiger partial charge in [0.25, 0.3) is 0 Å². The highest BCUT2D eigenvalue weighted by Gasteiger charge is 2.37. The number of carboxylic acids is 1. The third kappa shape index (κ3) is 4.02. The van der Waals surface area contributed by atoms with Crippen molar-refractivity contribution >= 4 is 23.6 Å². The number of amides is 1. The minimum atomic E-state index is -0.965. The number of carboxylic acid groups (broad SMARTS) is 1. The second-order valence-electron chi connectivity index (χ2n) is 4.05. The van der Waals surface area contributed by atoms with Gasteiger partial charge in [-0.25, -0.2) is 4.79 Å². The molecule has 0 aromatic rings. The molecule has 92 valence electrons. The van der Waals surface area contributed by atoms with Crippen LogP contribution in [0, 0.1) is 5.92 Å². The Hall–Kier alpha value is -0.750. The van der Waals surface area contributed by atoms with Crippen molar-refractivity contribution in [3.05, 3.63) is 0 Å². The van der Waals surface area contributed by atoms with Crippen LogP contribution < -0.4 is 11.1 Å². The van der Waals surface area contributed by atoms with Gasteiger partial charge in [-0.3, -0.25) is 4.79 Å². The zero-order valence-electron chi connectivity index (χ0n) is 9.31. The SMILES string of the molecule is CSCC[C@@H](N)C(=O)NC(C(=O)O)C1CC1. The number of carbonyl (C=O) groups excluding carboxylic acids is 1. The summed E-state index contributed by atoms with van der Waals surface area (Å²) in [7, 11) is 0. The Morgan fingerprint density at radius 3 is 2.62 bits per heavy atom. The minimum absolute atomic E-state index is 0.0919. The summed E-state index contributed by atoms with van der Waals surface area (Å²) in [6.07, 6.45) is 4.26. The van der Waals surface area contributed by atoms with E-state index in [0.717, 1.165) is 18.6 Å². The summed E-state index contributed by atoms with van der Waals surface area (Å²) in [5, 5.41) is 11.4. The quantitative estimate of drug-likeness (QED) is 0.590. The molecule has 6 heteroatoms. The Kier molecular flexibility index (Phi) is 5.08. The zero-order chi connectivity index (χ0) is 12.1. The summed E-state index contributed by atoms with van der Waals surface area (Å²) in [4.78, 5) is 22.5. The van der Waals surface area contributed by atoms with Crippen molar-refractivity contribution in [3.63, 3.8) is 0 Å². The summed E-state index contributed by atoms with van der Waals surface area (Å²) in [5.41, 5.74) is 5.65. The fourth-order valence-electron chi connectivity index (χ4n) is 1.45. The molecule has 1 aliphatic rings. The lowest BCUT2D eigenvalue weighted by Crippen LogP contribution is -2.49. The summed E-state index contributed by atoms with van der Waals surface area (Å²) >= 11 is 1.61. The van der Waals surface area contributed by atoms with Crippen LogP contribution >= 0.6 is 11.8 Å². The molecule has 0 aliphatic heterocycles. The highest BCUT2D eigenvalue weighted by atomic mass is 32.2. The van der Waals surface area contributed by atoms with Gasteiger partial charge in [0.15, 0.2) is 0 Å². The zero-order valence-corrected chi connectivity index (χ0v) is 10.1. The van der Waals surface area contributed by atoms with E-state index in [1.165, 1.54) is 0 Å². The van der Waals surface area contributed by atoms with Crippen LogP contribution in [0.25, 0.3) is 0 Å². The standard InChI is InChI=1S/C10H18N2O3S/c1-16-5-4-7(11)9(13)12-8(10(14)15)6-2-3-6/h6-8H,2-5,11H2,1H3,(H,12,13)(H,14,15)/t7-,8?/m1/s1. The highest BCUT2D eigenvalue weighted by Crippen LogP contribution is 2.32. The van der Waals surface area contributed by atoms with E-state index >= 15 is 0 Å². The predicted molar refractivity (Wildman–Crippen MR) is 63.3 cm³/mol. The highest BCUT2D eigenvalue weighted by molar-refractivity contribution is 7.98. The number of hydrogen-bond acceptors (Lipinski definition) is 4. The molecular weight excluding hydrogens is 228 g/mol. The summed E-state index contributed by atoms with van der Waals surface area (Å²) in [6.45, 7) is 0. The fourth-order valence-corrected chi connectivity index (χ4v) is 1.94. The second kappa shape index (κ2) is 6.10. The molecule has 0 heterocycles. The van der Waals surface area contributed by atoms with Crippen molar-refractivity contribution in [2.45, 2.75) is 31.3 Å². The van der Waals surface area contributed by atoms with Gasteiger partial charge >= 0.3 is 5.97 Å². The van der Waals surface area contributed by atoms with Crippen LogP contribution in [0.2, 0.25) is 0 Å². The van der Waals surface area contributed by atoms with Crippen LogP contribution in [0.4, 0.5) is 0 Å². The van der Waals surface area contributed by atoms with Crippen LogP contribution in [-0.4, -0.2) is 41.1 Å². The van der Waals surface area contributed by atoms with E-state index in [-0.39, 0.29) is 11.8 Å². The van der Waals surface area contributed by atoms with Crippen molar-refractivity contribution in [3.8, 4) is 0 Å². The summed E-state index contributed by atoms with van der Waals surface area (Å²) in [6, 6.07) is -1.36. The van der Waals surface area contributed by atoms with E-state index in [0.29, 0.717) is 6.42 Å². The van der Waals surface area contributed by atoms with E-state index in [2.05, 4.69) is 5.32 Å². The van der Waals surface area contributed by atoms with Gasteiger partial charge < -0.3 is 16.2 Å². The topological polar surface area (TPSA) is 92.4 Å². The number of nitrogens with one attached hydrogen (secondary N) is 1. The number of aliphatic carboxylic acids is 1. The maximum absolute atomic E-state index is 11.6. The molecule has 1 aliphatic carbocycles. The molecule has 16 heavy (non-hydrogen) atoms. The molecule has 2 atom stereocenters. The number of nitrogens with two attached hydrogens (primary N) is 1. The first-order valence-electron chi connectivity index (χ1n) is 5.34. The molecule has 4 N–H and O–H groups in total. The molecule has 0 aromatic heterocycles. The maximum atomic E-state index is 11.6. The Labute approximate surface area is 99.1 Å². The van der Waals surface area contributed by atoms with E-state index < -0.39 is 18.1 Å². The number of thioether (sulfide) groups is 1. The summed E-state index contributed by atoms with van der Waals surface area (Å²) < 4.78 is 0. The van der Waals surface area contributed by atoms with Crippen molar-refractivity contribution in [2.75, 3.05) is 12.0 Å².